The van der Waals surface area contributed by atoms with Crippen LogP contribution in [0.25, 0.3) is 0 Å². The molecule has 0 rings (SSSR count). The van der Waals surface area contributed by atoms with Crippen LogP contribution in [0.5, 0.6) is 0 Å². The standard InChI is InChI=1S/C3H5NO2S/c1-7(5,6)3-2-4/h3-4H,1H3. The first-order valence-corrected chi connectivity index (χ1v) is 3.47. The van der Waals surface area contributed by atoms with Gasteiger partial charge in [0.1, 0.15) is 0 Å². The number of hydrogen-bond donors (Lipinski definition) is 1. The molecule has 4 heteroatoms. The van der Waals surface area contributed by atoms with Crippen molar-refractivity contribution in [3.8, 4) is 0 Å². The van der Waals surface area contributed by atoms with E-state index in [1.165, 1.54) is 0 Å². The minimum absolute atomic E-state index is 0.701. The van der Waals surface area contributed by atoms with Crippen molar-refractivity contribution in [2.45, 2.75) is 0 Å². The molecule has 0 fully saturated rings. The fourth-order valence-electron chi connectivity index (χ4n) is 0.107. The third-order valence-corrected chi connectivity index (χ3v) is 0.819. The first-order chi connectivity index (χ1) is 3.06. The zero-order valence-electron chi connectivity index (χ0n) is 3.80. The fourth-order valence-corrected chi connectivity index (χ4v) is 0.321. The summed E-state index contributed by atoms with van der Waals surface area (Å²) in [5, 5.41) is 6.87. The Morgan fingerprint density at radius 2 is 2.14 bits per heavy atom. The highest BCUT2D eigenvalue weighted by molar-refractivity contribution is 7.93. The van der Waals surface area contributed by atoms with Crippen LogP contribution in [0, 0.1) is 5.41 Å². The number of nitrogens with one attached hydrogen (secondary N) is 1. The SMILES string of the molecule is CS(=O)(=O)C=C=N. The highest BCUT2D eigenvalue weighted by Crippen LogP contribution is 1.75. The Kier molecular flexibility index (Phi) is 1.75. The molecule has 0 atom stereocenters. The lowest BCUT2D eigenvalue weighted by Crippen LogP contribution is -1.86. The molecule has 1 N–H and O–H groups in total. The molecule has 0 unspecified atom stereocenters. The van der Waals surface area contributed by atoms with Gasteiger partial charge in [0.05, 0.1) is 5.41 Å². The predicted octanol–water partition coefficient (Wildman–Crippen LogP) is -0.207. The van der Waals surface area contributed by atoms with E-state index in [-0.39, 0.29) is 0 Å². The van der Waals surface area contributed by atoms with Gasteiger partial charge in [0.2, 0.25) is 0 Å². The van der Waals surface area contributed by atoms with Crippen LogP contribution >= 0.6 is 0 Å². The van der Waals surface area contributed by atoms with Crippen LogP contribution in [0.3, 0.4) is 0 Å². The molecule has 40 valence electrons. The first-order valence-electron chi connectivity index (χ1n) is 1.52. The molecule has 0 aromatic carbocycles. The van der Waals surface area contributed by atoms with Gasteiger partial charge in [-0.05, 0) is 5.87 Å². The summed E-state index contributed by atoms with van der Waals surface area (Å²) in [5.74, 6) is 1.64. The van der Waals surface area contributed by atoms with Crippen molar-refractivity contribution in [3.05, 3.63) is 5.41 Å². The minimum Gasteiger partial charge on any atom is -0.258 e. The molecule has 7 heavy (non-hydrogen) atoms. The van der Waals surface area contributed by atoms with Gasteiger partial charge in [0.15, 0.2) is 9.84 Å². The lowest BCUT2D eigenvalue weighted by molar-refractivity contribution is 0.610. The van der Waals surface area contributed by atoms with Crippen LogP contribution in [0.2, 0.25) is 0 Å². The molecular weight excluding hydrogens is 114 g/mol. The smallest absolute Gasteiger partial charge is 0.177 e. The third kappa shape index (κ3) is 5.40. The van der Waals surface area contributed by atoms with Crippen LogP contribution < -0.4 is 0 Å². The summed E-state index contributed by atoms with van der Waals surface area (Å²) in [6.07, 6.45) is 1.01. The van der Waals surface area contributed by atoms with Crippen LogP contribution in [-0.2, 0) is 9.84 Å². The molecule has 0 saturated carbocycles. The quantitative estimate of drug-likeness (QED) is 0.486. The Morgan fingerprint density at radius 1 is 1.71 bits per heavy atom. The topological polar surface area (TPSA) is 58.0 Å². The van der Waals surface area contributed by atoms with Gasteiger partial charge in [-0.1, -0.05) is 0 Å². The normalized spacial score (nSPS) is 9.86. The monoisotopic (exact) mass is 119 g/mol. The average molecular weight is 119 g/mol. The molecule has 0 aliphatic heterocycles. The Bertz CT molecular complexity index is 185. The van der Waals surface area contributed by atoms with E-state index in [0.29, 0.717) is 5.41 Å². The number of hydrogen-bond acceptors (Lipinski definition) is 3. The highest BCUT2D eigenvalue weighted by Gasteiger charge is 1.88. The molecule has 0 spiro atoms. The summed E-state index contributed by atoms with van der Waals surface area (Å²) in [4.78, 5) is 0. The first kappa shape index (κ1) is 6.40. The molecule has 0 aromatic rings. The molecular formula is C3H5NO2S. The van der Waals surface area contributed by atoms with E-state index < -0.39 is 9.84 Å². The van der Waals surface area contributed by atoms with E-state index >= 15 is 0 Å². The van der Waals surface area contributed by atoms with Gasteiger partial charge < -0.3 is 0 Å². The summed E-state index contributed by atoms with van der Waals surface area (Å²) in [6, 6.07) is 0. The van der Waals surface area contributed by atoms with Crippen molar-refractivity contribution >= 4 is 15.7 Å². The largest absolute Gasteiger partial charge is 0.258 e. The molecule has 0 aliphatic carbocycles. The van der Waals surface area contributed by atoms with E-state index in [9.17, 15) is 8.42 Å². The molecule has 0 bridgehead atoms. The van der Waals surface area contributed by atoms with Crippen molar-refractivity contribution < 1.29 is 8.42 Å². The van der Waals surface area contributed by atoms with Crippen molar-refractivity contribution in [2.75, 3.05) is 6.26 Å². The Labute approximate surface area is 42.1 Å². The summed E-state index contributed by atoms with van der Waals surface area (Å²) >= 11 is 0. The summed E-state index contributed by atoms with van der Waals surface area (Å²) in [5.41, 5.74) is 0. The summed E-state index contributed by atoms with van der Waals surface area (Å²) < 4.78 is 20.0. The number of rotatable bonds is 1. The summed E-state index contributed by atoms with van der Waals surface area (Å²) in [7, 11) is -3.10. The molecule has 3 nitrogen and oxygen atoms in total. The Balaban J connectivity index is 4.44. The minimum atomic E-state index is -3.10. The highest BCUT2D eigenvalue weighted by atomic mass is 32.2. The second kappa shape index (κ2) is 1.91. The van der Waals surface area contributed by atoms with Gasteiger partial charge in [0.25, 0.3) is 0 Å². The molecule has 0 heterocycles. The molecule has 0 aromatic heterocycles. The van der Waals surface area contributed by atoms with Crippen LogP contribution in [0.1, 0.15) is 0 Å². The second-order valence-electron chi connectivity index (χ2n) is 1.09. The van der Waals surface area contributed by atoms with Crippen molar-refractivity contribution in [2.24, 2.45) is 0 Å². The Morgan fingerprint density at radius 3 is 2.14 bits per heavy atom. The predicted molar refractivity (Wildman–Crippen MR) is 27.1 cm³/mol. The van der Waals surface area contributed by atoms with Crippen molar-refractivity contribution in [3.63, 3.8) is 0 Å². The van der Waals surface area contributed by atoms with Gasteiger partial charge in [-0.25, -0.2) is 8.42 Å². The van der Waals surface area contributed by atoms with Crippen molar-refractivity contribution in [1.82, 2.24) is 0 Å². The zero-order valence-corrected chi connectivity index (χ0v) is 4.62. The maximum absolute atomic E-state index is 9.99. The third-order valence-electron chi connectivity index (χ3n) is 0.273. The lowest BCUT2D eigenvalue weighted by Gasteiger charge is -1.73. The van der Waals surface area contributed by atoms with Crippen LogP contribution in [-0.4, -0.2) is 20.5 Å². The number of sulfone groups is 1. The molecule has 0 saturated heterocycles. The van der Waals surface area contributed by atoms with E-state index in [4.69, 9.17) is 5.41 Å². The second-order valence-corrected chi connectivity index (χ2v) is 2.99. The zero-order chi connectivity index (χ0) is 5.91. The van der Waals surface area contributed by atoms with Crippen LogP contribution in [0.15, 0.2) is 5.41 Å². The molecule has 0 radical (unpaired) electrons. The maximum atomic E-state index is 9.99. The van der Waals surface area contributed by atoms with Gasteiger partial charge in [0, 0.05) is 6.26 Å². The molecule has 0 aliphatic rings. The maximum Gasteiger partial charge on any atom is 0.177 e. The van der Waals surface area contributed by atoms with Gasteiger partial charge in [-0.15, -0.1) is 0 Å². The van der Waals surface area contributed by atoms with E-state index in [2.05, 4.69) is 0 Å². The van der Waals surface area contributed by atoms with E-state index in [0.717, 1.165) is 6.26 Å². The van der Waals surface area contributed by atoms with E-state index in [1.807, 2.05) is 0 Å². The van der Waals surface area contributed by atoms with Crippen molar-refractivity contribution in [1.29, 1.82) is 5.41 Å². The fraction of sp³-hybridized carbons (Fsp3) is 0.333. The van der Waals surface area contributed by atoms with E-state index in [1.54, 1.807) is 5.87 Å². The average Bonchev–Trinajstić information content (AvgIpc) is 1.30. The van der Waals surface area contributed by atoms with Gasteiger partial charge in [-0.2, -0.15) is 0 Å². The van der Waals surface area contributed by atoms with Gasteiger partial charge in [-0.3, -0.25) is 5.41 Å². The lowest BCUT2D eigenvalue weighted by atomic mass is 11.2. The van der Waals surface area contributed by atoms with Gasteiger partial charge >= 0.3 is 0 Å². The Hall–Kier alpha value is -0.600. The van der Waals surface area contributed by atoms with Crippen LogP contribution in [0.4, 0.5) is 0 Å². The summed E-state index contributed by atoms with van der Waals surface area (Å²) in [6.45, 7) is 0. The molecule has 0 amide bonds.